The fourth-order valence-corrected chi connectivity index (χ4v) is 5.33. The van der Waals surface area contributed by atoms with E-state index < -0.39 is 5.60 Å². The van der Waals surface area contributed by atoms with Crippen molar-refractivity contribution in [3.05, 3.63) is 101 Å². The highest BCUT2D eigenvalue weighted by Gasteiger charge is 2.56. The number of carbonyl (C=O) groups excluding carboxylic acids is 1. The lowest BCUT2D eigenvalue weighted by atomic mass is 9.77. The van der Waals surface area contributed by atoms with Crippen molar-refractivity contribution < 1.29 is 14.3 Å². The average Bonchev–Trinajstić information content (AvgIpc) is 3.43. The third-order valence-corrected chi connectivity index (χ3v) is 7.09. The Balaban J connectivity index is 1.63. The third-order valence-electron chi connectivity index (χ3n) is 7.09. The molecule has 4 aromatic rings. The molecule has 0 radical (unpaired) electrons. The van der Waals surface area contributed by atoms with E-state index >= 15 is 0 Å². The minimum atomic E-state index is -1.12. The largest absolute Gasteiger partial charge is 0.440 e. The third kappa shape index (κ3) is 3.70. The number of para-hydroxylation sites is 1. The minimum Gasteiger partial charge on any atom is -0.440 e. The van der Waals surface area contributed by atoms with Crippen molar-refractivity contribution in [3.8, 4) is 17.3 Å². The molecule has 6 nitrogen and oxygen atoms in total. The van der Waals surface area contributed by atoms with Crippen molar-refractivity contribution in [3.63, 3.8) is 0 Å². The molecule has 2 aliphatic heterocycles. The van der Waals surface area contributed by atoms with Gasteiger partial charge in [-0.1, -0.05) is 63.6 Å². The van der Waals surface area contributed by atoms with Gasteiger partial charge >= 0.3 is 5.97 Å². The summed E-state index contributed by atoms with van der Waals surface area (Å²) in [4.78, 5) is 13.3. The van der Waals surface area contributed by atoms with E-state index in [1.165, 1.54) is 0 Å². The molecule has 2 aliphatic rings. The Kier molecular flexibility index (Phi) is 5.75. The molecule has 37 heavy (non-hydrogen) atoms. The molecule has 188 valence electrons. The van der Waals surface area contributed by atoms with Gasteiger partial charge in [0.2, 0.25) is 5.88 Å². The molecule has 3 aromatic carbocycles. The van der Waals surface area contributed by atoms with Crippen LogP contribution in [0.3, 0.4) is 0 Å². The van der Waals surface area contributed by atoms with E-state index in [1.54, 1.807) is 0 Å². The van der Waals surface area contributed by atoms with E-state index in [-0.39, 0.29) is 5.97 Å². The van der Waals surface area contributed by atoms with Crippen molar-refractivity contribution >= 4 is 11.7 Å². The van der Waals surface area contributed by atoms with Crippen LogP contribution in [0.25, 0.3) is 5.69 Å². The zero-order chi connectivity index (χ0) is 25.6. The predicted octanol–water partition coefficient (Wildman–Crippen LogP) is 6.85. The SMILES string of the molecule is CCCCc1nn(-c2ccccc2)c2c1C1(OC(=O)c3ccccc31)c1ccc(NCC(C)C)cc1O2. The van der Waals surface area contributed by atoms with Crippen LogP contribution in [0.2, 0.25) is 0 Å². The van der Waals surface area contributed by atoms with Gasteiger partial charge in [-0.25, -0.2) is 9.48 Å². The van der Waals surface area contributed by atoms with Crippen molar-refractivity contribution in [1.29, 1.82) is 0 Å². The number of hydrogen-bond donors (Lipinski definition) is 1. The summed E-state index contributed by atoms with van der Waals surface area (Å²) in [5, 5.41) is 8.56. The maximum Gasteiger partial charge on any atom is 0.340 e. The van der Waals surface area contributed by atoms with Gasteiger partial charge in [-0.3, -0.25) is 0 Å². The Hall–Kier alpha value is -4.06. The molecule has 1 N–H and O–H groups in total. The number of ether oxygens (including phenoxy) is 2. The number of aromatic nitrogens is 2. The van der Waals surface area contributed by atoms with Gasteiger partial charge in [0.25, 0.3) is 0 Å². The van der Waals surface area contributed by atoms with Gasteiger partial charge in [0.1, 0.15) is 5.75 Å². The van der Waals surface area contributed by atoms with E-state index in [0.717, 1.165) is 59.6 Å². The molecule has 0 fully saturated rings. The van der Waals surface area contributed by atoms with Gasteiger partial charge in [-0.15, -0.1) is 0 Å². The first-order valence-corrected chi connectivity index (χ1v) is 13.1. The fraction of sp³-hybridized carbons (Fsp3) is 0.290. The summed E-state index contributed by atoms with van der Waals surface area (Å²) in [5.74, 6) is 1.42. The molecule has 1 aromatic heterocycles. The van der Waals surface area contributed by atoms with Crippen LogP contribution in [0.4, 0.5) is 5.69 Å². The van der Waals surface area contributed by atoms with Crippen molar-refractivity contribution in [2.75, 3.05) is 11.9 Å². The van der Waals surface area contributed by atoms with Crippen LogP contribution >= 0.6 is 0 Å². The number of nitrogens with zero attached hydrogens (tertiary/aromatic N) is 2. The van der Waals surface area contributed by atoms with Crippen LogP contribution in [0, 0.1) is 5.92 Å². The normalized spacial score (nSPS) is 17.2. The van der Waals surface area contributed by atoms with Crippen LogP contribution in [0.15, 0.2) is 72.8 Å². The quantitative estimate of drug-likeness (QED) is 0.285. The molecule has 0 amide bonds. The minimum absolute atomic E-state index is 0.328. The highest BCUT2D eigenvalue weighted by atomic mass is 16.6. The number of rotatable bonds is 7. The van der Waals surface area contributed by atoms with E-state index in [9.17, 15) is 4.79 Å². The molecule has 1 spiro atoms. The van der Waals surface area contributed by atoms with Gasteiger partial charge in [0.15, 0.2) is 5.60 Å². The Morgan fingerprint density at radius 1 is 1.00 bits per heavy atom. The summed E-state index contributed by atoms with van der Waals surface area (Å²) < 4.78 is 15.0. The first-order chi connectivity index (χ1) is 18.0. The van der Waals surface area contributed by atoms with Crippen LogP contribution in [-0.4, -0.2) is 22.3 Å². The number of carbonyl (C=O) groups is 1. The maximum atomic E-state index is 13.3. The highest BCUT2D eigenvalue weighted by molar-refractivity contribution is 5.97. The molecule has 1 atom stereocenters. The highest BCUT2D eigenvalue weighted by Crippen LogP contribution is 2.57. The summed E-state index contributed by atoms with van der Waals surface area (Å²) in [6, 6.07) is 23.7. The number of nitrogens with one attached hydrogen (secondary N) is 1. The monoisotopic (exact) mass is 493 g/mol. The fourth-order valence-electron chi connectivity index (χ4n) is 5.33. The number of aryl methyl sites for hydroxylation is 1. The molecule has 1 unspecified atom stereocenters. The zero-order valence-electron chi connectivity index (χ0n) is 21.5. The number of benzene rings is 3. The van der Waals surface area contributed by atoms with Crippen LogP contribution in [-0.2, 0) is 16.8 Å². The summed E-state index contributed by atoms with van der Waals surface area (Å²) in [7, 11) is 0. The molecule has 0 saturated heterocycles. The van der Waals surface area contributed by atoms with E-state index in [4.69, 9.17) is 14.6 Å². The van der Waals surface area contributed by atoms with E-state index in [2.05, 4.69) is 26.1 Å². The van der Waals surface area contributed by atoms with E-state index in [1.807, 2.05) is 77.5 Å². The topological polar surface area (TPSA) is 65.4 Å². The number of unbranched alkanes of at least 4 members (excludes halogenated alkanes) is 1. The lowest BCUT2D eigenvalue weighted by Crippen LogP contribution is -2.34. The number of anilines is 1. The summed E-state index contributed by atoms with van der Waals surface area (Å²) in [6.07, 6.45) is 2.75. The molecule has 3 heterocycles. The van der Waals surface area contributed by atoms with Gasteiger partial charge < -0.3 is 14.8 Å². The second kappa shape index (κ2) is 9.11. The van der Waals surface area contributed by atoms with Gasteiger partial charge in [-0.05, 0) is 49.1 Å². The molecular formula is C31H31N3O3. The van der Waals surface area contributed by atoms with E-state index in [0.29, 0.717) is 23.1 Å². The molecule has 0 bridgehead atoms. The van der Waals surface area contributed by atoms with Gasteiger partial charge in [-0.2, -0.15) is 5.10 Å². The Bertz CT molecular complexity index is 1470. The number of hydrogen-bond acceptors (Lipinski definition) is 5. The van der Waals surface area contributed by atoms with Crippen molar-refractivity contribution in [2.24, 2.45) is 5.92 Å². The summed E-state index contributed by atoms with van der Waals surface area (Å²) in [5.41, 5.74) is 4.67. The lowest BCUT2D eigenvalue weighted by molar-refractivity contribution is 0.0220. The van der Waals surface area contributed by atoms with Gasteiger partial charge in [0.05, 0.1) is 22.5 Å². The average molecular weight is 494 g/mol. The maximum absolute atomic E-state index is 13.3. The predicted molar refractivity (Wildman–Crippen MR) is 144 cm³/mol. The molecule has 6 heteroatoms. The zero-order valence-corrected chi connectivity index (χ0v) is 21.5. The first-order valence-electron chi connectivity index (χ1n) is 13.1. The Labute approximate surface area is 217 Å². The van der Waals surface area contributed by atoms with Gasteiger partial charge in [0, 0.05) is 29.4 Å². The molecule has 6 rings (SSSR count). The number of esters is 1. The molecule has 0 saturated carbocycles. The molecule has 0 aliphatic carbocycles. The standard InChI is InChI=1S/C31H31N3O3/c1-4-5-15-26-28-29(34(33-26)22-11-7-6-8-12-22)36-27-18-21(32-19-20(2)3)16-17-25(27)31(28)24-14-10-9-13-23(24)30(35)37-31/h6-14,16-18,20,32H,4-5,15,19H2,1-3H3. The summed E-state index contributed by atoms with van der Waals surface area (Å²) in [6.45, 7) is 7.36. The van der Waals surface area contributed by atoms with Crippen molar-refractivity contribution in [1.82, 2.24) is 9.78 Å². The van der Waals surface area contributed by atoms with Crippen LogP contribution in [0.1, 0.15) is 66.4 Å². The second-order valence-corrected chi connectivity index (χ2v) is 10.2. The van der Waals surface area contributed by atoms with Crippen LogP contribution < -0.4 is 10.1 Å². The molecular weight excluding hydrogens is 462 g/mol. The Morgan fingerprint density at radius 2 is 1.78 bits per heavy atom. The van der Waals surface area contributed by atoms with Crippen molar-refractivity contribution in [2.45, 2.75) is 45.6 Å². The Morgan fingerprint density at radius 3 is 2.57 bits per heavy atom. The number of fused-ring (bicyclic) bond motifs is 6. The smallest absolute Gasteiger partial charge is 0.340 e. The summed E-state index contributed by atoms with van der Waals surface area (Å²) >= 11 is 0. The van der Waals surface area contributed by atoms with Crippen LogP contribution in [0.5, 0.6) is 11.6 Å². The first kappa shape index (κ1) is 23.3. The second-order valence-electron chi connectivity index (χ2n) is 10.2. The lowest BCUT2D eigenvalue weighted by Gasteiger charge is -2.35.